The quantitative estimate of drug-likeness (QED) is 0.897. The van der Waals surface area contributed by atoms with Crippen LogP contribution in [0.15, 0.2) is 6.07 Å². The van der Waals surface area contributed by atoms with Crippen molar-refractivity contribution in [2.24, 2.45) is 11.7 Å². The number of methoxy groups -OCH3 is 1. The van der Waals surface area contributed by atoms with Crippen LogP contribution < -0.4 is 15.4 Å². The van der Waals surface area contributed by atoms with Gasteiger partial charge in [0.1, 0.15) is 5.75 Å². The Labute approximate surface area is 154 Å². The molecule has 1 aromatic carbocycles. The number of benzene rings is 1. The highest BCUT2D eigenvalue weighted by Gasteiger charge is 2.38. The average Bonchev–Trinajstić information content (AvgIpc) is 2.61. The van der Waals surface area contributed by atoms with Crippen LogP contribution in [-0.2, 0) is 6.42 Å². The molecule has 5 nitrogen and oxygen atoms in total. The van der Waals surface area contributed by atoms with Crippen molar-refractivity contribution >= 4 is 23.2 Å². The molecule has 2 bridgehead atoms. The molecule has 136 valence electrons. The van der Waals surface area contributed by atoms with Gasteiger partial charge in [0.25, 0.3) is 5.91 Å². The summed E-state index contributed by atoms with van der Waals surface area (Å²) in [5.41, 5.74) is 8.05. The third kappa shape index (κ3) is 2.87. The van der Waals surface area contributed by atoms with E-state index in [2.05, 4.69) is 9.80 Å². The average molecular weight is 364 g/mol. The minimum Gasteiger partial charge on any atom is -0.496 e. The summed E-state index contributed by atoms with van der Waals surface area (Å²) >= 11 is 6.65. The number of halogens is 1. The first kappa shape index (κ1) is 17.0. The van der Waals surface area contributed by atoms with Crippen molar-refractivity contribution in [3.63, 3.8) is 0 Å². The molecule has 3 unspecified atom stereocenters. The van der Waals surface area contributed by atoms with Crippen LogP contribution in [0.2, 0.25) is 5.02 Å². The summed E-state index contributed by atoms with van der Waals surface area (Å²) in [4.78, 5) is 16.9. The summed E-state index contributed by atoms with van der Waals surface area (Å²) in [5.74, 6) is 0.822. The van der Waals surface area contributed by atoms with E-state index in [4.69, 9.17) is 22.1 Å². The first-order valence-corrected chi connectivity index (χ1v) is 9.66. The van der Waals surface area contributed by atoms with Gasteiger partial charge in [0.05, 0.1) is 23.4 Å². The van der Waals surface area contributed by atoms with Gasteiger partial charge in [-0.1, -0.05) is 11.6 Å². The molecule has 3 aliphatic heterocycles. The molecule has 1 amide bonds. The number of rotatable bonds is 3. The van der Waals surface area contributed by atoms with E-state index in [0.717, 1.165) is 30.6 Å². The van der Waals surface area contributed by atoms with E-state index in [1.54, 1.807) is 13.2 Å². The van der Waals surface area contributed by atoms with Crippen molar-refractivity contribution in [2.45, 2.75) is 38.1 Å². The fraction of sp³-hybridized carbons (Fsp3) is 0.632. The molecule has 25 heavy (non-hydrogen) atoms. The minimum atomic E-state index is -0.487. The number of amides is 1. The molecule has 2 N–H and O–H groups in total. The lowest BCUT2D eigenvalue weighted by Gasteiger charge is -2.49. The number of nitrogens with zero attached hydrogens (tertiary/aromatic N) is 2. The Hall–Kier alpha value is -1.46. The van der Waals surface area contributed by atoms with E-state index in [1.807, 2.05) is 0 Å². The standard InChI is InChI=1S/C19H26ClN3O2/c1-25-18-13-5-3-8-23(17(13)15(20)10-14(18)19(21)24)16-6-9-22-7-2-4-12(16)11-22/h10,12,16H,2-9,11H2,1H3,(H2,21,24). The van der Waals surface area contributed by atoms with Crippen LogP contribution in [0.3, 0.4) is 0 Å². The number of ether oxygens (including phenoxy) is 1. The molecule has 0 aromatic heterocycles. The fourth-order valence-corrected chi connectivity index (χ4v) is 5.40. The van der Waals surface area contributed by atoms with Crippen molar-refractivity contribution in [1.29, 1.82) is 0 Å². The Kier molecular flexibility index (Phi) is 4.54. The van der Waals surface area contributed by atoms with E-state index in [9.17, 15) is 4.79 Å². The number of carbonyl (C=O) groups excluding carboxylic acids is 1. The lowest BCUT2D eigenvalue weighted by molar-refractivity contribution is 0.0996. The molecule has 3 heterocycles. The number of nitrogens with two attached hydrogens (primary N) is 1. The molecular formula is C19H26ClN3O2. The molecule has 2 saturated heterocycles. The van der Waals surface area contributed by atoms with Crippen molar-refractivity contribution in [3.05, 3.63) is 22.2 Å². The third-order valence-corrected chi connectivity index (χ3v) is 6.40. The van der Waals surface area contributed by atoms with Gasteiger partial charge in [0.15, 0.2) is 0 Å². The Morgan fingerprint density at radius 1 is 1.28 bits per heavy atom. The van der Waals surface area contributed by atoms with Gasteiger partial charge in [-0.05, 0) is 50.6 Å². The van der Waals surface area contributed by atoms with Gasteiger partial charge in [-0.2, -0.15) is 0 Å². The van der Waals surface area contributed by atoms with Gasteiger partial charge in [-0.15, -0.1) is 0 Å². The molecular weight excluding hydrogens is 338 g/mol. The fourth-order valence-electron chi connectivity index (χ4n) is 5.07. The normalized spacial score (nSPS) is 28.4. The van der Waals surface area contributed by atoms with Crippen LogP contribution in [0.1, 0.15) is 41.6 Å². The number of hydrogen-bond donors (Lipinski definition) is 1. The number of hydrogen-bond acceptors (Lipinski definition) is 4. The summed E-state index contributed by atoms with van der Waals surface area (Å²) < 4.78 is 5.58. The first-order chi connectivity index (χ1) is 12.1. The largest absolute Gasteiger partial charge is 0.496 e. The van der Waals surface area contributed by atoms with Gasteiger partial charge in [0.2, 0.25) is 0 Å². The minimum absolute atomic E-state index is 0.389. The Morgan fingerprint density at radius 2 is 2.12 bits per heavy atom. The van der Waals surface area contributed by atoms with Gasteiger partial charge in [-0.3, -0.25) is 4.79 Å². The predicted molar refractivity (Wildman–Crippen MR) is 99.8 cm³/mol. The molecule has 6 heteroatoms. The number of primary amides is 1. The maximum Gasteiger partial charge on any atom is 0.252 e. The van der Waals surface area contributed by atoms with Gasteiger partial charge < -0.3 is 20.3 Å². The lowest BCUT2D eigenvalue weighted by atomic mass is 9.82. The van der Waals surface area contributed by atoms with E-state index in [-0.39, 0.29) is 0 Å². The summed E-state index contributed by atoms with van der Waals surface area (Å²) in [6.07, 6.45) is 5.69. The molecule has 1 aromatic rings. The van der Waals surface area contributed by atoms with Crippen LogP contribution >= 0.6 is 11.6 Å². The SMILES string of the molecule is COc1c(C(N)=O)cc(Cl)c2c1CCCN2C1CCN2CCCC1C2. The van der Waals surface area contributed by atoms with E-state index in [1.165, 1.54) is 38.9 Å². The number of piperidine rings is 2. The van der Waals surface area contributed by atoms with E-state index >= 15 is 0 Å². The Bertz CT molecular complexity index is 694. The second kappa shape index (κ2) is 6.69. The zero-order chi connectivity index (χ0) is 17.6. The van der Waals surface area contributed by atoms with Crippen LogP contribution in [-0.4, -0.2) is 50.1 Å². The summed E-state index contributed by atoms with van der Waals surface area (Å²) in [7, 11) is 1.61. The second-order valence-corrected chi connectivity index (χ2v) is 7.89. The summed E-state index contributed by atoms with van der Waals surface area (Å²) in [6.45, 7) is 4.63. The molecule has 3 aliphatic rings. The zero-order valence-electron chi connectivity index (χ0n) is 14.8. The molecule has 3 atom stereocenters. The van der Waals surface area contributed by atoms with Crippen molar-refractivity contribution in [3.8, 4) is 5.75 Å². The Morgan fingerprint density at radius 3 is 2.88 bits per heavy atom. The summed E-state index contributed by atoms with van der Waals surface area (Å²) in [5, 5.41) is 0.627. The predicted octanol–water partition coefficient (Wildman–Crippen LogP) is 2.68. The van der Waals surface area contributed by atoms with Gasteiger partial charge in [-0.25, -0.2) is 0 Å². The van der Waals surface area contributed by atoms with Gasteiger partial charge >= 0.3 is 0 Å². The highest BCUT2D eigenvalue weighted by atomic mass is 35.5. The van der Waals surface area contributed by atoms with Gasteiger partial charge in [0, 0.05) is 31.2 Å². The van der Waals surface area contributed by atoms with E-state index < -0.39 is 5.91 Å². The van der Waals surface area contributed by atoms with Crippen molar-refractivity contribution < 1.29 is 9.53 Å². The molecule has 0 aliphatic carbocycles. The van der Waals surface area contributed by atoms with Crippen LogP contribution in [0.25, 0.3) is 0 Å². The van der Waals surface area contributed by atoms with Crippen LogP contribution in [0, 0.1) is 5.92 Å². The first-order valence-electron chi connectivity index (χ1n) is 9.28. The molecule has 2 fully saturated rings. The lowest BCUT2D eigenvalue weighted by Crippen LogP contribution is -2.54. The molecule has 4 rings (SSSR count). The number of fused-ring (bicyclic) bond motifs is 3. The van der Waals surface area contributed by atoms with E-state index in [0.29, 0.717) is 28.3 Å². The molecule has 0 spiro atoms. The third-order valence-electron chi connectivity index (χ3n) is 6.11. The van der Waals surface area contributed by atoms with Crippen LogP contribution in [0.4, 0.5) is 5.69 Å². The zero-order valence-corrected chi connectivity index (χ0v) is 15.5. The number of carbonyl (C=O) groups is 1. The topological polar surface area (TPSA) is 58.8 Å². The molecule has 0 radical (unpaired) electrons. The molecule has 0 saturated carbocycles. The summed E-state index contributed by atoms with van der Waals surface area (Å²) in [6, 6.07) is 2.22. The van der Waals surface area contributed by atoms with Crippen molar-refractivity contribution in [2.75, 3.05) is 38.2 Å². The second-order valence-electron chi connectivity index (χ2n) is 7.49. The van der Waals surface area contributed by atoms with Crippen molar-refractivity contribution in [1.82, 2.24) is 4.90 Å². The monoisotopic (exact) mass is 363 g/mol. The maximum atomic E-state index is 11.8. The van der Waals surface area contributed by atoms with Crippen LogP contribution in [0.5, 0.6) is 5.75 Å². The Balaban J connectivity index is 1.76. The maximum absolute atomic E-state index is 11.8. The highest BCUT2D eigenvalue weighted by molar-refractivity contribution is 6.34. The highest BCUT2D eigenvalue weighted by Crippen LogP contribution is 2.45. The smallest absolute Gasteiger partial charge is 0.252 e. The number of anilines is 1.